The quantitative estimate of drug-likeness (QED) is 0.273. The Morgan fingerprint density at radius 2 is 1.93 bits per heavy atom. The summed E-state index contributed by atoms with van der Waals surface area (Å²) in [5, 5.41) is 5.56. The molecule has 0 N–H and O–H groups in total. The molecule has 1 aliphatic rings. The Morgan fingerprint density at radius 3 is 2.56 bits per heavy atom. The van der Waals surface area contributed by atoms with Crippen LogP contribution in [0.2, 0.25) is 0 Å². The average molecular weight is 581 g/mol. The normalized spacial score (nSPS) is 15.3. The van der Waals surface area contributed by atoms with Crippen molar-refractivity contribution in [1.82, 2.24) is 19.7 Å². The van der Waals surface area contributed by atoms with Crippen LogP contribution in [0.1, 0.15) is 56.5 Å². The number of piperidine rings is 1. The van der Waals surface area contributed by atoms with Gasteiger partial charge in [-0.05, 0) is 31.4 Å². The number of carbonyl (C=O) groups excluding carboxylic acids is 1. The van der Waals surface area contributed by atoms with E-state index in [-0.39, 0.29) is 17.6 Å². The molecule has 1 unspecified atom stereocenters. The van der Waals surface area contributed by atoms with Crippen LogP contribution in [0.25, 0.3) is 21.0 Å². The Morgan fingerprint density at radius 1 is 1.20 bits per heavy atom. The van der Waals surface area contributed by atoms with Crippen molar-refractivity contribution in [3.63, 3.8) is 0 Å². The molecule has 1 fully saturated rings. The predicted molar refractivity (Wildman–Crippen MR) is 157 cm³/mol. The zero-order chi connectivity index (χ0) is 29.3. The fraction of sp³-hybridized carbons (Fsp3) is 0.467. The van der Waals surface area contributed by atoms with Crippen LogP contribution >= 0.6 is 11.3 Å². The second-order valence-corrected chi connectivity index (χ2v) is 12.2. The molecule has 5 rings (SSSR count). The molecular weight excluding hydrogens is 544 g/mol. The summed E-state index contributed by atoms with van der Waals surface area (Å²) in [6.45, 7) is 9.36. The number of likely N-dealkylation sites (tertiary alicyclic amines) is 1. The number of aryl methyl sites for hydroxylation is 1. The number of para-hydroxylation sites is 1. The molecule has 1 aromatic carbocycles. The summed E-state index contributed by atoms with van der Waals surface area (Å²) < 4.78 is 24.9. The minimum atomic E-state index is -0.480. The van der Waals surface area contributed by atoms with Gasteiger partial charge < -0.3 is 23.5 Å². The fourth-order valence-corrected chi connectivity index (χ4v) is 6.48. The zero-order valence-corrected chi connectivity index (χ0v) is 25.1. The minimum Gasteiger partial charge on any atom is -0.496 e. The number of hydrogen-bond donors (Lipinski definition) is 0. The lowest BCUT2D eigenvalue weighted by molar-refractivity contribution is -0.0504. The van der Waals surface area contributed by atoms with E-state index in [0.29, 0.717) is 55.2 Å². The van der Waals surface area contributed by atoms with Gasteiger partial charge in [-0.3, -0.25) is 9.48 Å². The molecule has 0 radical (unpaired) electrons. The number of fused-ring (bicyclic) bond motifs is 1. The SMILES string of the molecule is COC(=O)N1CCC(OC(Cn2nc(C(C)(C)C)c(=O)c3c(C)c(-c4ncco4)sc32)c2ccccc2OC)CC1. The van der Waals surface area contributed by atoms with Crippen molar-refractivity contribution in [1.29, 1.82) is 0 Å². The third-order valence-corrected chi connectivity index (χ3v) is 8.71. The van der Waals surface area contributed by atoms with Crippen LogP contribution in [-0.2, 0) is 21.4 Å². The second kappa shape index (κ2) is 11.7. The summed E-state index contributed by atoms with van der Waals surface area (Å²) in [5.74, 6) is 1.18. The number of aromatic nitrogens is 3. The van der Waals surface area contributed by atoms with Crippen LogP contribution in [0.4, 0.5) is 4.79 Å². The van der Waals surface area contributed by atoms with Crippen molar-refractivity contribution < 1.29 is 23.4 Å². The highest BCUT2D eigenvalue weighted by molar-refractivity contribution is 7.22. The van der Waals surface area contributed by atoms with E-state index in [9.17, 15) is 9.59 Å². The number of hydrogen-bond acceptors (Lipinski definition) is 9. The first kappa shape index (κ1) is 28.8. The maximum absolute atomic E-state index is 13.8. The van der Waals surface area contributed by atoms with E-state index in [1.165, 1.54) is 24.7 Å². The first-order chi connectivity index (χ1) is 19.6. The predicted octanol–water partition coefficient (Wildman–Crippen LogP) is 5.72. The van der Waals surface area contributed by atoms with Crippen LogP contribution in [0, 0.1) is 6.92 Å². The summed E-state index contributed by atoms with van der Waals surface area (Å²) >= 11 is 1.44. The molecule has 4 aromatic rings. The van der Waals surface area contributed by atoms with Gasteiger partial charge >= 0.3 is 6.09 Å². The molecule has 4 heterocycles. The Bertz CT molecular complexity index is 1580. The smallest absolute Gasteiger partial charge is 0.409 e. The van der Waals surface area contributed by atoms with Gasteiger partial charge in [0.15, 0.2) is 0 Å². The first-order valence-electron chi connectivity index (χ1n) is 13.7. The van der Waals surface area contributed by atoms with Crippen LogP contribution in [-0.4, -0.2) is 59.2 Å². The lowest BCUT2D eigenvalue weighted by Gasteiger charge is -2.33. The van der Waals surface area contributed by atoms with Gasteiger partial charge in [0.05, 0.1) is 43.3 Å². The molecule has 10 nitrogen and oxygen atoms in total. The average Bonchev–Trinajstić information content (AvgIpc) is 3.61. The number of methoxy groups -OCH3 is 2. The van der Waals surface area contributed by atoms with Crippen LogP contribution in [0.5, 0.6) is 5.75 Å². The van der Waals surface area contributed by atoms with Gasteiger partial charge in [0.25, 0.3) is 0 Å². The molecule has 0 saturated carbocycles. The molecule has 0 aliphatic carbocycles. The van der Waals surface area contributed by atoms with E-state index in [4.69, 9.17) is 23.7 Å². The molecule has 218 valence electrons. The maximum atomic E-state index is 13.8. The minimum absolute atomic E-state index is 0.0831. The number of nitrogens with zero attached hydrogens (tertiary/aromatic N) is 4. The molecule has 1 aliphatic heterocycles. The van der Waals surface area contributed by atoms with Crippen molar-refractivity contribution >= 4 is 27.6 Å². The van der Waals surface area contributed by atoms with Crippen molar-refractivity contribution in [2.75, 3.05) is 27.3 Å². The number of rotatable bonds is 7. The third-order valence-electron chi connectivity index (χ3n) is 7.42. The molecule has 1 amide bonds. The Hall–Kier alpha value is -3.70. The molecule has 0 spiro atoms. The van der Waals surface area contributed by atoms with Crippen molar-refractivity contribution in [3.8, 4) is 16.5 Å². The van der Waals surface area contributed by atoms with Gasteiger partial charge in [-0.15, -0.1) is 11.3 Å². The molecule has 3 aromatic heterocycles. The van der Waals surface area contributed by atoms with Gasteiger partial charge in [0, 0.05) is 24.1 Å². The monoisotopic (exact) mass is 580 g/mol. The molecule has 11 heteroatoms. The van der Waals surface area contributed by atoms with E-state index < -0.39 is 11.5 Å². The van der Waals surface area contributed by atoms with E-state index >= 15 is 0 Å². The Kier molecular flexibility index (Phi) is 8.19. The standard InChI is InChI=1S/C30H36N4O6S/c1-18-23-24(35)26(30(2,3)4)32-34(28(23)41-25(18)27-31-13-16-39-27)17-22(20-9-7-8-10-21(20)37-5)40-19-11-14-33(15-12-19)29(36)38-6/h7-10,13,16,19,22H,11-12,14-15,17H2,1-6H3. The van der Waals surface area contributed by atoms with Crippen molar-refractivity contribution in [2.45, 2.75) is 64.7 Å². The highest BCUT2D eigenvalue weighted by Gasteiger charge is 2.31. The third kappa shape index (κ3) is 5.73. The Balaban J connectivity index is 1.59. The van der Waals surface area contributed by atoms with E-state index in [2.05, 4.69) is 4.98 Å². The van der Waals surface area contributed by atoms with E-state index in [1.54, 1.807) is 18.2 Å². The summed E-state index contributed by atoms with van der Waals surface area (Å²) in [7, 11) is 3.04. The van der Waals surface area contributed by atoms with Gasteiger partial charge in [0.1, 0.15) is 28.6 Å². The Labute approximate surface area is 242 Å². The molecule has 41 heavy (non-hydrogen) atoms. The number of carbonyl (C=O) groups is 1. The summed E-state index contributed by atoms with van der Waals surface area (Å²) in [6, 6.07) is 7.79. The molecule has 1 saturated heterocycles. The summed E-state index contributed by atoms with van der Waals surface area (Å²) in [6.07, 6.45) is 3.63. The molecule has 0 bridgehead atoms. The number of amides is 1. The van der Waals surface area contributed by atoms with Gasteiger partial charge in [-0.25, -0.2) is 9.78 Å². The first-order valence-corrected chi connectivity index (χ1v) is 14.5. The summed E-state index contributed by atoms with van der Waals surface area (Å²) in [4.78, 5) is 33.4. The van der Waals surface area contributed by atoms with Crippen LogP contribution < -0.4 is 10.2 Å². The number of thiophene rings is 1. The highest BCUT2D eigenvalue weighted by atomic mass is 32.1. The fourth-order valence-electron chi connectivity index (χ4n) is 5.27. The highest BCUT2D eigenvalue weighted by Crippen LogP contribution is 2.38. The maximum Gasteiger partial charge on any atom is 0.409 e. The number of oxazole rings is 1. The van der Waals surface area contributed by atoms with Crippen molar-refractivity contribution in [3.05, 3.63) is 63.8 Å². The second-order valence-electron chi connectivity index (χ2n) is 11.2. The van der Waals surface area contributed by atoms with E-state index in [0.717, 1.165) is 20.8 Å². The molecular formula is C30H36N4O6S. The lowest BCUT2D eigenvalue weighted by Crippen LogP contribution is -2.41. The number of benzene rings is 1. The lowest BCUT2D eigenvalue weighted by atomic mass is 9.91. The molecule has 1 atom stereocenters. The van der Waals surface area contributed by atoms with Gasteiger partial charge in [-0.1, -0.05) is 39.0 Å². The largest absolute Gasteiger partial charge is 0.496 e. The van der Waals surface area contributed by atoms with Gasteiger partial charge in [-0.2, -0.15) is 5.10 Å². The van der Waals surface area contributed by atoms with Crippen LogP contribution in [0.3, 0.4) is 0 Å². The van der Waals surface area contributed by atoms with Crippen LogP contribution in [0.15, 0.2) is 45.9 Å². The van der Waals surface area contributed by atoms with E-state index in [1.807, 2.05) is 56.6 Å². The van der Waals surface area contributed by atoms with Gasteiger partial charge in [0.2, 0.25) is 11.3 Å². The van der Waals surface area contributed by atoms with Crippen molar-refractivity contribution in [2.24, 2.45) is 0 Å². The topological polar surface area (TPSA) is 109 Å². The zero-order valence-electron chi connectivity index (χ0n) is 24.3. The summed E-state index contributed by atoms with van der Waals surface area (Å²) in [5.41, 5.74) is 1.63. The number of ether oxygens (including phenoxy) is 3.